The number of benzene rings is 18. The van der Waals surface area contributed by atoms with Gasteiger partial charge in [0.25, 0.3) is 0 Å². The Labute approximate surface area is 738 Å². The van der Waals surface area contributed by atoms with Gasteiger partial charge in [0.15, 0.2) is 0 Å². The van der Waals surface area contributed by atoms with Crippen LogP contribution < -0.4 is 79.1 Å². The maximum absolute atomic E-state index is 5.60. The van der Waals surface area contributed by atoms with Crippen molar-refractivity contribution in [2.75, 3.05) is 0 Å². The molecule has 0 aliphatic carbocycles. The SMILES string of the molecule is [Hf].c1cc[c]([Ge]([c]2ccccc2)([c]2ccccc2)[N](C([N]([Ge]([c]2ccccc2)([c]2ccccc2)[c]2ccccc2)[Ge]([c]2ccccc2)([c]2ccccc2)[c]2ccccc2)[N]([Ge]([c]2ccccc2)([c]2ccccc2)[c]2ccccc2)[Ge]([c]2ccccc2)([c]2ccccc2)[c]2ccccc2)[Ge]([c]2ccccc2)([c]2ccccc2)[c]2ccccc2)cc1. The molecule has 0 saturated heterocycles. The summed E-state index contributed by atoms with van der Waals surface area (Å²) in [6.45, 7) is 0. The normalized spacial score (nSPS) is 12.1. The summed E-state index contributed by atoms with van der Waals surface area (Å²) >= 11 is -33.6. The van der Waals surface area contributed by atoms with Crippen molar-refractivity contribution >= 4 is 160 Å². The molecular formula is C109H91Ge6HfN3. The van der Waals surface area contributed by atoms with Crippen LogP contribution in [-0.4, -0.2) is 95.7 Å². The van der Waals surface area contributed by atoms with E-state index in [0.29, 0.717) is 0 Å². The van der Waals surface area contributed by atoms with Crippen molar-refractivity contribution in [2.24, 2.45) is 0 Å². The fraction of sp³-hybridized carbons (Fsp3) is 0.00917. The van der Waals surface area contributed by atoms with Crippen molar-refractivity contribution in [2.45, 2.75) is 6.29 Å². The molecule has 0 aliphatic rings. The maximum atomic E-state index is 3.67. The third kappa shape index (κ3) is 14.4. The summed E-state index contributed by atoms with van der Waals surface area (Å²) in [5.41, 5.74) is 0. The molecule has 18 aromatic rings. The van der Waals surface area contributed by atoms with Crippen LogP contribution in [0.1, 0.15) is 0 Å². The molecule has 0 N–H and O–H groups in total. The summed E-state index contributed by atoms with van der Waals surface area (Å²) in [5, 5.41) is 0. The van der Waals surface area contributed by atoms with Crippen LogP contribution >= 0.6 is 0 Å². The first-order valence-electron chi connectivity index (χ1n) is 41.0. The minimum absolute atomic E-state index is 0. The first-order chi connectivity index (χ1) is 58.6. The summed E-state index contributed by atoms with van der Waals surface area (Å²) < 4.78 is 34.9. The molecule has 18 aromatic carbocycles. The van der Waals surface area contributed by atoms with Gasteiger partial charge in [0.2, 0.25) is 0 Å². The topological polar surface area (TPSA) is 9.72 Å². The Morgan fingerprint density at radius 3 is 0.218 bits per heavy atom. The Kier molecular flexibility index (Phi) is 25.5. The van der Waals surface area contributed by atoms with E-state index in [1.54, 1.807) is 0 Å². The second kappa shape index (κ2) is 37.3. The van der Waals surface area contributed by atoms with E-state index in [1.165, 1.54) is 79.1 Å². The Balaban J connectivity index is 0.0000101. The molecule has 0 heterocycles. The van der Waals surface area contributed by atoms with E-state index < -0.39 is 87.2 Å². The third-order valence-corrected chi connectivity index (χ3v) is 102. The van der Waals surface area contributed by atoms with Crippen LogP contribution in [0.3, 0.4) is 0 Å². The van der Waals surface area contributed by atoms with Gasteiger partial charge in [-0.05, 0) is 0 Å². The molecule has 0 amide bonds. The van der Waals surface area contributed by atoms with E-state index in [0.717, 1.165) is 0 Å². The summed E-state index contributed by atoms with van der Waals surface area (Å²) in [4.78, 5) is 0. The minimum atomic E-state index is -5.60. The van der Waals surface area contributed by atoms with Crippen LogP contribution in [-0.2, 0) is 25.8 Å². The third-order valence-electron chi connectivity index (χ3n) is 24.3. The van der Waals surface area contributed by atoms with Gasteiger partial charge in [-0.3, -0.25) is 0 Å². The molecule has 18 rings (SSSR count). The fourth-order valence-corrected chi connectivity index (χ4v) is 127. The molecule has 119 heavy (non-hydrogen) atoms. The fourth-order valence-electron chi connectivity index (χ4n) is 19.9. The Hall–Kier alpha value is -10.0. The van der Waals surface area contributed by atoms with Gasteiger partial charge >= 0.3 is 721 Å². The van der Waals surface area contributed by atoms with E-state index in [-0.39, 0.29) is 25.8 Å². The average Bonchev–Trinajstić information content (AvgIpc) is 0.652. The molecule has 0 aromatic heterocycles. The molecule has 0 atom stereocenters. The van der Waals surface area contributed by atoms with Crippen LogP contribution in [0.4, 0.5) is 0 Å². The number of nitrogens with zero attached hydrogens (tertiary/aromatic N) is 3. The van der Waals surface area contributed by atoms with E-state index >= 15 is 0 Å². The van der Waals surface area contributed by atoms with E-state index in [1.807, 2.05) is 0 Å². The van der Waals surface area contributed by atoms with E-state index in [9.17, 15) is 0 Å². The van der Waals surface area contributed by atoms with Gasteiger partial charge in [0.1, 0.15) is 0 Å². The van der Waals surface area contributed by atoms with Gasteiger partial charge in [-0.1, -0.05) is 0 Å². The summed E-state index contributed by atoms with van der Waals surface area (Å²) in [6.07, 6.45) is -0.858. The Bertz CT molecular complexity index is 4590. The molecule has 0 bridgehead atoms. The van der Waals surface area contributed by atoms with Crippen LogP contribution in [0.25, 0.3) is 0 Å². The summed E-state index contributed by atoms with van der Waals surface area (Å²) in [5.74, 6) is 0. The van der Waals surface area contributed by atoms with E-state index in [4.69, 9.17) is 0 Å². The van der Waals surface area contributed by atoms with Crippen molar-refractivity contribution in [3.8, 4) is 0 Å². The van der Waals surface area contributed by atoms with Gasteiger partial charge < -0.3 is 0 Å². The predicted octanol–water partition coefficient (Wildman–Crippen LogP) is 12.2. The van der Waals surface area contributed by atoms with Crippen LogP contribution in [0.15, 0.2) is 546 Å². The average molecular weight is 2060 g/mol. The van der Waals surface area contributed by atoms with Crippen LogP contribution in [0.5, 0.6) is 0 Å². The predicted molar refractivity (Wildman–Crippen MR) is 513 cm³/mol. The van der Waals surface area contributed by atoms with Gasteiger partial charge in [0, 0.05) is 25.8 Å². The molecule has 0 spiro atoms. The van der Waals surface area contributed by atoms with Crippen molar-refractivity contribution in [1.82, 2.24) is 8.44 Å². The molecular weight excluding hydrogens is 1970 g/mol. The number of rotatable bonds is 27. The molecule has 3 nitrogen and oxygen atoms in total. The summed E-state index contributed by atoms with van der Waals surface area (Å²) in [6, 6.07) is 220. The molecule has 0 unspecified atom stereocenters. The van der Waals surface area contributed by atoms with Crippen LogP contribution in [0.2, 0.25) is 0 Å². The first-order valence-corrected chi connectivity index (χ1v) is 65.5. The Morgan fingerprint density at radius 2 is 0.160 bits per heavy atom. The van der Waals surface area contributed by atoms with Crippen molar-refractivity contribution in [1.29, 1.82) is 0 Å². The second-order valence-corrected chi connectivity index (χ2v) is 82.0. The first kappa shape index (κ1) is 81.3. The standard InChI is InChI=1S/C109H91Ge6N3.Hf/c1-19-55-91(56-20-1)110(92-57-21-2-22-58-92,93-59-23-3-24-60-93)116(111(94-61-25-4-26-62-94,95-63-27-5-28-64-95)96-65-29-6-30-66-96)109(117(112(97-67-31-7-32-68-97,98-69-33-8-34-70-98)99-71-35-9-36-72-99)113(100-73-37-10-38-74-100,101-75-39-11-40-76-101)102-77-41-12-42-78-102)118(114(103-79-43-13-44-80-103,104-81-45-14-46-82-104)105-83-47-15-48-84-105)115(106-85-49-16-50-86-106,107-87-51-17-52-88-107)108-89-53-18-54-90-108;/h1-90,109H;. The van der Waals surface area contributed by atoms with Gasteiger partial charge in [-0.25, -0.2) is 0 Å². The summed E-state index contributed by atoms with van der Waals surface area (Å²) in [7, 11) is 0. The second-order valence-electron chi connectivity index (χ2n) is 30.3. The van der Waals surface area contributed by atoms with E-state index in [2.05, 4.69) is 554 Å². The zero-order valence-electron chi connectivity index (χ0n) is 66.4. The zero-order valence-corrected chi connectivity index (χ0v) is 82.6. The van der Waals surface area contributed by atoms with Crippen molar-refractivity contribution < 1.29 is 25.8 Å². The van der Waals surface area contributed by atoms with Gasteiger partial charge in [-0.15, -0.1) is 0 Å². The van der Waals surface area contributed by atoms with Crippen molar-refractivity contribution in [3.63, 3.8) is 0 Å². The zero-order chi connectivity index (χ0) is 79.3. The molecule has 0 fully saturated rings. The Morgan fingerprint density at radius 1 is 0.101 bits per heavy atom. The molecule has 0 radical (unpaired) electrons. The number of hydrogen-bond acceptors (Lipinski definition) is 3. The molecule has 10 heteroatoms. The van der Waals surface area contributed by atoms with Gasteiger partial charge in [0.05, 0.1) is 0 Å². The monoisotopic (exact) mass is 2070 g/mol. The molecule has 570 valence electrons. The quantitative estimate of drug-likeness (QED) is 0.0375. The molecule has 0 saturated carbocycles. The van der Waals surface area contributed by atoms with Gasteiger partial charge in [-0.2, -0.15) is 0 Å². The van der Waals surface area contributed by atoms with Crippen molar-refractivity contribution in [3.05, 3.63) is 546 Å². The van der Waals surface area contributed by atoms with Crippen LogP contribution in [0, 0.1) is 0 Å². The number of hydrogen-bond donors (Lipinski definition) is 0. The molecule has 0 aliphatic heterocycles.